The Kier molecular flexibility index (Phi) is 4.86. The van der Waals surface area contributed by atoms with Crippen LogP contribution in [0.15, 0.2) is 42.7 Å². The van der Waals surface area contributed by atoms with Crippen LogP contribution in [0.5, 0.6) is 0 Å². The van der Waals surface area contributed by atoms with E-state index >= 15 is 0 Å². The van der Waals surface area contributed by atoms with E-state index in [-0.39, 0.29) is 0 Å². The van der Waals surface area contributed by atoms with Gasteiger partial charge in [0.25, 0.3) is 0 Å². The molecule has 0 fully saturated rings. The molecule has 2 heterocycles. The fourth-order valence-corrected chi connectivity index (χ4v) is 2.54. The van der Waals surface area contributed by atoms with Gasteiger partial charge in [0.15, 0.2) is 5.82 Å². The number of nitrogens with one attached hydrogen (secondary N) is 1. The van der Waals surface area contributed by atoms with Crippen LogP contribution in [0.1, 0.15) is 17.1 Å². The van der Waals surface area contributed by atoms with E-state index in [1.165, 1.54) is 5.56 Å². The molecule has 0 amide bonds. The van der Waals surface area contributed by atoms with Gasteiger partial charge in [0.2, 0.25) is 0 Å². The molecular formula is C18H21N5O. The van der Waals surface area contributed by atoms with Gasteiger partial charge in [0, 0.05) is 44.2 Å². The summed E-state index contributed by atoms with van der Waals surface area (Å²) in [5, 5.41) is 7.58. The largest absolute Gasteiger partial charge is 0.377 e. The zero-order chi connectivity index (χ0) is 16.9. The molecule has 2 aromatic heterocycles. The highest BCUT2D eigenvalue weighted by Crippen LogP contribution is 2.20. The summed E-state index contributed by atoms with van der Waals surface area (Å²) < 4.78 is 6.91. The first-order valence-electron chi connectivity index (χ1n) is 7.79. The normalized spacial score (nSPS) is 10.8. The Morgan fingerprint density at radius 3 is 2.79 bits per heavy atom. The highest BCUT2D eigenvalue weighted by molar-refractivity contribution is 5.62. The number of aromatic nitrogens is 4. The molecule has 0 bridgehead atoms. The quantitative estimate of drug-likeness (QED) is 0.755. The van der Waals surface area contributed by atoms with Crippen LogP contribution in [0.25, 0.3) is 11.1 Å². The van der Waals surface area contributed by atoms with Crippen LogP contribution in [0.3, 0.4) is 0 Å². The molecule has 0 saturated carbocycles. The van der Waals surface area contributed by atoms with Gasteiger partial charge in [0.05, 0.1) is 6.20 Å². The van der Waals surface area contributed by atoms with Crippen molar-refractivity contribution in [1.82, 2.24) is 19.7 Å². The Bertz CT molecular complexity index is 828. The zero-order valence-corrected chi connectivity index (χ0v) is 14.2. The Morgan fingerprint density at radius 2 is 2.04 bits per heavy atom. The number of benzene rings is 1. The summed E-state index contributed by atoms with van der Waals surface area (Å²) in [4.78, 5) is 8.81. The fourth-order valence-electron chi connectivity index (χ4n) is 2.54. The van der Waals surface area contributed by atoms with Gasteiger partial charge in [-0.15, -0.1) is 0 Å². The third kappa shape index (κ3) is 3.97. The predicted molar refractivity (Wildman–Crippen MR) is 93.5 cm³/mol. The monoisotopic (exact) mass is 323 g/mol. The molecule has 24 heavy (non-hydrogen) atoms. The van der Waals surface area contributed by atoms with E-state index < -0.39 is 0 Å². The van der Waals surface area contributed by atoms with Gasteiger partial charge in [-0.1, -0.05) is 18.2 Å². The van der Waals surface area contributed by atoms with Gasteiger partial charge < -0.3 is 10.1 Å². The molecule has 6 heteroatoms. The van der Waals surface area contributed by atoms with E-state index in [4.69, 9.17) is 4.74 Å². The second kappa shape index (κ2) is 7.23. The van der Waals surface area contributed by atoms with Crippen molar-refractivity contribution in [3.05, 3.63) is 59.8 Å². The molecule has 3 aromatic rings. The van der Waals surface area contributed by atoms with Crippen LogP contribution in [0.2, 0.25) is 0 Å². The van der Waals surface area contributed by atoms with Gasteiger partial charge in [0.1, 0.15) is 12.4 Å². The van der Waals surface area contributed by atoms with Crippen molar-refractivity contribution < 1.29 is 4.74 Å². The van der Waals surface area contributed by atoms with Crippen molar-refractivity contribution in [3.63, 3.8) is 0 Å². The molecule has 1 aromatic carbocycles. The topological polar surface area (TPSA) is 64.9 Å². The lowest BCUT2D eigenvalue weighted by molar-refractivity contribution is 0.177. The van der Waals surface area contributed by atoms with E-state index in [0.29, 0.717) is 19.0 Å². The zero-order valence-electron chi connectivity index (χ0n) is 14.2. The molecular weight excluding hydrogens is 302 g/mol. The van der Waals surface area contributed by atoms with Crippen LogP contribution in [-0.2, 0) is 24.9 Å². The average Bonchev–Trinajstić information content (AvgIpc) is 3.00. The summed E-state index contributed by atoms with van der Waals surface area (Å²) in [6, 6.07) is 10.3. The second-order valence-corrected chi connectivity index (χ2v) is 5.70. The van der Waals surface area contributed by atoms with Crippen LogP contribution >= 0.6 is 0 Å². The SMILES string of the molecule is COCc1nc(C)cc(NCc2cccc(-c3cnn(C)c3)c2)n1. The molecule has 0 radical (unpaired) electrons. The van der Waals surface area contributed by atoms with Crippen molar-refractivity contribution in [1.29, 1.82) is 0 Å². The number of hydrogen-bond acceptors (Lipinski definition) is 5. The maximum Gasteiger partial charge on any atom is 0.156 e. The fraction of sp³-hybridized carbons (Fsp3) is 0.278. The minimum absolute atomic E-state index is 0.410. The highest BCUT2D eigenvalue weighted by atomic mass is 16.5. The molecule has 0 spiro atoms. The van der Waals surface area contributed by atoms with Gasteiger partial charge in [-0.25, -0.2) is 9.97 Å². The van der Waals surface area contributed by atoms with Crippen LogP contribution in [-0.4, -0.2) is 26.9 Å². The predicted octanol–water partition coefficient (Wildman–Crippen LogP) is 2.94. The van der Waals surface area contributed by atoms with Gasteiger partial charge in [-0.05, 0) is 24.1 Å². The molecule has 0 aliphatic heterocycles. The molecule has 1 N–H and O–H groups in total. The van der Waals surface area contributed by atoms with Crippen LogP contribution in [0.4, 0.5) is 5.82 Å². The summed E-state index contributed by atoms with van der Waals surface area (Å²) in [6.07, 6.45) is 3.88. The summed E-state index contributed by atoms with van der Waals surface area (Å²) in [7, 11) is 3.56. The van der Waals surface area contributed by atoms with Crippen molar-refractivity contribution >= 4 is 5.82 Å². The Morgan fingerprint density at radius 1 is 1.17 bits per heavy atom. The van der Waals surface area contributed by atoms with E-state index in [9.17, 15) is 0 Å². The molecule has 3 rings (SSSR count). The first-order valence-corrected chi connectivity index (χ1v) is 7.79. The number of anilines is 1. The number of nitrogens with zero attached hydrogens (tertiary/aromatic N) is 4. The number of aryl methyl sites for hydroxylation is 2. The third-order valence-electron chi connectivity index (χ3n) is 3.61. The highest BCUT2D eigenvalue weighted by Gasteiger charge is 2.04. The molecule has 0 aliphatic rings. The number of ether oxygens (including phenoxy) is 1. The van der Waals surface area contributed by atoms with Gasteiger partial charge >= 0.3 is 0 Å². The smallest absolute Gasteiger partial charge is 0.156 e. The molecule has 0 atom stereocenters. The van der Waals surface area contributed by atoms with E-state index in [1.807, 2.05) is 32.4 Å². The van der Waals surface area contributed by atoms with Crippen molar-refractivity contribution in [2.24, 2.45) is 7.05 Å². The summed E-state index contributed by atoms with van der Waals surface area (Å²) in [6.45, 7) is 3.05. The average molecular weight is 323 g/mol. The van der Waals surface area contributed by atoms with Gasteiger partial charge in [-0.2, -0.15) is 5.10 Å². The Labute approximate surface area is 141 Å². The van der Waals surface area contributed by atoms with E-state index in [2.05, 4.69) is 44.6 Å². The Hall–Kier alpha value is -2.73. The number of hydrogen-bond donors (Lipinski definition) is 1. The number of methoxy groups -OCH3 is 1. The van der Waals surface area contributed by atoms with Crippen LogP contribution < -0.4 is 5.32 Å². The summed E-state index contributed by atoms with van der Waals surface area (Å²) in [5.74, 6) is 1.49. The number of rotatable bonds is 6. The molecule has 124 valence electrons. The molecule has 0 saturated heterocycles. The lowest BCUT2D eigenvalue weighted by Crippen LogP contribution is -2.06. The second-order valence-electron chi connectivity index (χ2n) is 5.70. The van der Waals surface area contributed by atoms with E-state index in [0.717, 1.165) is 22.6 Å². The minimum atomic E-state index is 0.410. The van der Waals surface area contributed by atoms with Crippen molar-refractivity contribution in [2.75, 3.05) is 12.4 Å². The summed E-state index contributed by atoms with van der Waals surface area (Å²) in [5.41, 5.74) is 4.37. The first kappa shape index (κ1) is 16.1. The molecule has 0 aliphatic carbocycles. The minimum Gasteiger partial charge on any atom is -0.377 e. The lowest BCUT2D eigenvalue weighted by atomic mass is 10.1. The molecule has 6 nitrogen and oxygen atoms in total. The maximum atomic E-state index is 5.11. The standard InChI is InChI=1S/C18H21N5O/c1-13-7-17(22-18(21-13)12-24-3)19-9-14-5-4-6-15(8-14)16-10-20-23(2)11-16/h4-8,10-11H,9,12H2,1-3H3,(H,19,21,22). The molecule has 0 unspecified atom stereocenters. The summed E-state index contributed by atoms with van der Waals surface area (Å²) >= 11 is 0. The van der Waals surface area contributed by atoms with Crippen molar-refractivity contribution in [2.45, 2.75) is 20.1 Å². The van der Waals surface area contributed by atoms with Crippen molar-refractivity contribution in [3.8, 4) is 11.1 Å². The Balaban J connectivity index is 1.73. The maximum absolute atomic E-state index is 5.11. The third-order valence-corrected chi connectivity index (χ3v) is 3.61. The first-order chi connectivity index (χ1) is 11.6. The van der Waals surface area contributed by atoms with Crippen LogP contribution in [0, 0.1) is 6.92 Å². The lowest BCUT2D eigenvalue weighted by Gasteiger charge is -2.09. The van der Waals surface area contributed by atoms with Gasteiger partial charge in [-0.3, -0.25) is 4.68 Å². The van der Waals surface area contributed by atoms with E-state index in [1.54, 1.807) is 11.8 Å².